The number of ether oxygens (including phenoxy) is 2. The Labute approximate surface area is 167 Å². The largest absolute Gasteiger partial charge is 0.494 e. The fraction of sp³-hybridized carbons (Fsp3) is 0.261. The van der Waals surface area contributed by atoms with Gasteiger partial charge in [-0.05, 0) is 55.5 Å². The van der Waals surface area contributed by atoms with Crippen LogP contribution in [0, 0.1) is 5.82 Å². The van der Waals surface area contributed by atoms with E-state index in [1.807, 2.05) is 24.3 Å². The SMILES string of the molecule is COc1ccc(C(=O)COC(=O)c2c3c(nc4ccccc24)CCCC3)cc1F. The molecule has 0 aliphatic heterocycles. The number of Topliss-reactive ketones (excluding diaryl/α,β-unsaturated/α-hetero) is 1. The second-order valence-electron chi connectivity index (χ2n) is 6.98. The van der Waals surface area contributed by atoms with E-state index in [-0.39, 0.29) is 11.3 Å². The first-order chi connectivity index (χ1) is 14.1. The maximum absolute atomic E-state index is 13.8. The third-order valence-corrected chi connectivity index (χ3v) is 5.18. The highest BCUT2D eigenvalue weighted by atomic mass is 19.1. The van der Waals surface area contributed by atoms with Crippen LogP contribution < -0.4 is 4.74 Å². The Morgan fingerprint density at radius 1 is 1.10 bits per heavy atom. The Kier molecular flexibility index (Phi) is 5.25. The lowest BCUT2D eigenvalue weighted by atomic mass is 9.90. The first-order valence-corrected chi connectivity index (χ1v) is 9.53. The van der Waals surface area contributed by atoms with Crippen molar-refractivity contribution in [2.45, 2.75) is 25.7 Å². The fourth-order valence-electron chi connectivity index (χ4n) is 3.73. The number of pyridine rings is 1. The molecule has 0 bridgehead atoms. The zero-order valence-electron chi connectivity index (χ0n) is 16.0. The van der Waals surface area contributed by atoms with Gasteiger partial charge in [0.25, 0.3) is 0 Å². The minimum atomic E-state index is -0.640. The van der Waals surface area contributed by atoms with Gasteiger partial charge in [0.15, 0.2) is 24.0 Å². The van der Waals surface area contributed by atoms with Crippen molar-refractivity contribution >= 4 is 22.7 Å². The van der Waals surface area contributed by atoms with E-state index in [2.05, 4.69) is 0 Å². The van der Waals surface area contributed by atoms with Crippen molar-refractivity contribution in [3.8, 4) is 5.75 Å². The normalized spacial score (nSPS) is 13.0. The second kappa shape index (κ2) is 7.99. The van der Waals surface area contributed by atoms with Crippen LogP contribution in [0.2, 0.25) is 0 Å². The van der Waals surface area contributed by atoms with Crippen LogP contribution in [0.1, 0.15) is 44.8 Å². The zero-order chi connectivity index (χ0) is 20.4. The molecule has 0 fully saturated rings. The molecule has 1 aliphatic rings. The molecule has 0 radical (unpaired) electrons. The summed E-state index contributed by atoms with van der Waals surface area (Å²) in [6.45, 7) is -0.462. The molecule has 0 saturated carbocycles. The minimum Gasteiger partial charge on any atom is -0.494 e. The summed E-state index contributed by atoms with van der Waals surface area (Å²) in [5.41, 5.74) is 3.17. The van der Waals surface area contributed by atoms with Gasteiger partial charge in [0.1, 0.15) is 0 Å². The molecule has 0 spiro atoms. The number of fused-ring (bicyclic) bond motifs is 2. The summed E-state index contributed by atoms with van der Waals surface area (Å²) < 4.78 is 24.0. The van der Waals surface area contributed by atoms with Crippen molar-refractivity contribution in [2.75, 3.05) is 13.7 Å². The topological polar surface area (TPSA) is 65.5 Å². The maximum Gasteiger partial charge on any atom is 0.339 e. The highest BCUT2D eigenvalue weighted by molar-refractivity contribution is 6.06. The lowest BCUT2D eigenvalue weighted by molar-refractivity contribution is 0.0475. The van der Waals surface area contributed by atoms with Gasteiger partial charge >= 0.3 is 5.97 Å². The molecule has 1 heterocycles. The van der Waals surface area contributed by atoms with Crippen molar-refractivity contribution in [1.82, 2.24) is 4.98 Å². The number of methoxy groups -OCH3 is 1. The van der Waals surface area contributed by atoms with Crippen LogP contribution in [-0.4, -0.2) is 30.5 Å². The number of halogens is 1. The number of carbonyl (C=O) groups is 2. The van der Waals surface area contributed by atoms with Crippen molar-refractivity contribution in [3.63, 3.8) is 0 Å². The smallest absolute Gasteiger partial charge is 0.339 e. The summed E-state index contributed by atoms with van der Waals surface area (Å²) >= 11 is 0. The van der Waals surface area contributed by atoms with E-state index in [0.717, 1.165) is 53.9 Å². The molecule has 29 heavy (non-hydrogen) atoms. The predicted molar refractivity (Wildman–Crippen MR) is 106 cm³/mol. The molecular weight excluding hydrogens is 373 g/mol. The third-order valence-electron chi connectivity index (χ3n) is 5.18. The van der Waals surface area contributed by atoms with Crippen LogP contribution in [-0.2, 0) is 17.6 Å². The molecule has 0 unspecified atom stereocenters. The molecule has 5 nitrogen and oxygen atoms in total. The lowest BCUT2D eigenvalue weighted by Gasteiger charge is -2.19. The molecule has 1 aliphatic carbocycles. The van der Waals surface area contributed by atoms with Crippen LogP contribution in [0.5, 0.6) is 5.75 Å². The number of benzene rings is 2. The van der Waals surface area contributed by atoms with E-state index >= 15 is 0 Å². The number of aryl methyl sites for hydroxylation is 1. The Morgan fingerprint density at radius 2 is 1.90 bits per heavy atom. The van der Waals surface area contributed by atoms with Gasteiger partial charge in [0, 0.05) is 16.6 Å². The summed E-state index contributed by atoms with van der Waals surface area (Å²) in [7, 11) is 1.35. The Balaban J connectivity index is 1.59. The van der Waals surface area contributed by atoms with Crippen LogP contribution in [0.3, 0.4) is 0 Å². The predicted octanol–water partition coefficient (Wildman–Crippen LogP) is 4.30. The Bertz CT molecular complexity index is 1110. The quantitative estimate of drug-likeness (QED) is 0.478. The van der Waals surface area contributed by atoms with Crippen LogP contribution >= 0.6 is 0 Å². The van der Waals surface area contributed by atoms with E-state index in [1.54, 1.807) is 0 Å². The van der Waals surface area contributed by atoms with Gasteiger partial charge in [-0.1, -0.05) is 18.2 Å². The van der Waals surface area contributed by atoms with Crippen molar-refractivity contribution < 1.29 is 23.5 Å². The van der Waals surface area contributed by atoms with E-state index < -0.39 is 24.2 Å². The number of aromatic nitrogens is 1. The highest BCUT2D eigenvalue weighted by Crippen LogP contribution is 2.30. The number of hydrogen-bond donors (Lipinski definition) is 0. The number of rotatable bonds is 5. The fourth-order valence-corrected chi connectivity index (χ4v) is 3.73. The van der Waals surface area contributed by atoms with Gasteiger partial charge in [-0.2, -0.15) is 0 Å². The summed E-state index contributed by atoms with van der Waals surface area (Å²) in [4.78, 5) is 30.0. The van der Waals surface area contributed by atoms with E-state index in [1.165, 1.54) is 19.2 Å². The zero-order valence-corrected chi connectivity index (χ0v) is 16.0. The molecule has 2 aromatic carbocycles. The minimum absolute atomic E-state index is 0.0495. The van der Waals surface area contributed by atoms with Gasteiger partial charge in [0.05, 0.1) is 18.2 Å². The lowest BCUT2D eigenvalue weighted by Crippen LogP contribution is -2.19. The monoisotopic (exact) mass is 393 g/mol. The third kappa shape index (κ3) is 3.70. The summed E-state index contributed by atoms with van der Waals surface area (Å²) in [6.07, 6.45) is 3.60. The number of nitrogens with zero attached hydrogens (tertiary/aromatic N) is 1. The number of esters is 1. The number of hydrogen-bond acceptors (Lipinski definition) is 5. The van der Waals surface area contributed by atoms with E-state index in [0.29, 0.717) is 5.56 Å². The molecule has 1 aromatic heterocycles. The van der Waals surface area contributed by atoms with Gasteiger partial charge in [-0.25, -0.2) is 9.18 Å². The second-order valence-corrected chi connectivity index (χ2v) is 6.98. The average Bonchev–Trinajstić information content (AvgIpc) is 2.75. The molecule has 0 saturated heterocycles. The molecule has 0 atom stereocenters. The van der Waals surface area contributed by atoms with Crippen molar-refractivity contribution in [3.05, 3.63) is 70.7 Å². The summed E-state index contributed by atoms with van der Waals surface area (Å²) in [5, 5.41) is 0.723. The molecule has 0 N–H and O–H groups in total. The summed E-state index contributed by atoms with van der Waals surface area (Å²) in [5.74, 6) is -1.62. The van der Waals surface area contributed by atoms with E-state index in [9.17, 15) is 14.0 Å². The summed E-state index contributed by atoms with van der Waals surface area (Å²) in [6, 6.07) is 11.3. The van der Waals surface area contributed by atoms with Gasteiger partial charge < -0.3 is 9.47 Å². The first kappa shape index (κ1) is 19.1. The molecule has 0 amide bonds. The van der Waals surface area contributed by atoms with Crippen molar-refractivity contribution in [1.29, 1.82) is 0 Å². The van der Waals surface area contributed by atoms with Gasteiger partial charge in [-0.3, -0.25) is 9.78 Å². The molecular formula is C23H20FNO4. The molecule has 4 rings (SSSR count). The number of ketones is 1. The number of carbonyl (C=O) groups excluding carboxylic acids is 2. The van der Waals surface area contributed by atoms with Gasteiger partial charge in [-0.15, -0.1) is 0 Å². The average molecular weight is 393 g/mol. The van der Waals surface area contributed by atoms with Crippen LogP contribution in [0.4, 0.5) is 4.39 Å². The maximum atomic E-state index is 13.8. The van der Waals surface area contributed by atoms with Crippen LogP contribution in [0.15, 0.2) is 42.5 Å². The molecule has 3 aromatic rings. The number of para-hydroxylation sites is 1. The highest BCUT2D eigenvalue weighted by Gasteiger charge is 2.24. The van der Waals surface area contributed by atoms with Crippen LogP contribution in [0.25, 0.3) is 10.9 Å². The Morgan fingerprint density at radius 3 is 2.69 bits per heavy atom. The van der Waals surface area contributed by atoms with Crippen molar-refractivity contribution in [2.24, 2.45) is 0 Å². The standard InChI is InChI=1S/C23H20FNO4/c1-28-21-11-10-14(12-17(21)24)20(26)13-29-23(27)22-15-6-2-4-8-18(15)25-19-9-5-3-7-16(19)22/h2,4,6,8,10-12H,3,5,7,9,13H2,1H3. The van der Waals surface area contributed by atoms with E-state index in [4.69, 9.17) is 14.5 Å². The molecule has 148 valence electrons. The first-order valence-electron chi connectivity index (χ1n) is 9.53. The van der Waals surface area contributed by atoms with Gasteiger partial charge in [0.2, 0.25) is 0 Å². The molecule has 6 heteroatoms. The Hall–Kier alpha value is -3.28.